The number of H-pyrrole nitrogens is 1. The van der Waals surface area contributed by atoms with Gasteiger partial charge in [-0.25, -0.2) is 4.79 Å². The Hall–Kier alpha value is -5.49. The molecular weight excluding hydrogens is 913 g/mol. The number of amides is 1. The van der Waals surface area contributed by atoms with Crippen LogP contribution < -0.4 is 25.4 Å². The maximum atomic E-state index is 13.8. The zero-order chi connectivity index (χ0) is 52.4. The predicted octanol–water partition coefficient (Wildman–Crippen LogP) is 7.48. The van der Waals surface area contributed by atoms with E-state index in [1.807, 2.05) is 44.2 Å². The van der Waals surface area contributed by atoms with E-state index in [0.717, 1.165) is 140 Å². The number of aromatic amines is 1. The molecule has 1 amide bonds. The fourth-order valence-corrected chi connectivity index (χ4v) is 11.7. The first-order chi connectivity index (χ1) is 34.5. The lowest BCUT2D eigenvalue weighted by atomic mass is 9.87. The van der Waals surface area contributed by atoms with E-state index < -0.39 is 5.97 Å². The van der Waals surface area contributed by atoms with Gasteiger partial charge in [-0.3, -0.25) is 19.0 Å². The van der Waals surface area contributed by atoms with Crippen LogP contribution in [0.2, 0.25) is 0 Å². The van der Waals surface area contributed by atoms with Crippen LogP contribution in [0.3, 0.4) is 0 Å². The third-order valence-corrected chi connectivity index (χ3v) is 15.9. The molecule has 17 heteroatoms. The Balaban J connectivity index is 0.000000249. The molecule has 0 saturated heterocycles. The largest absolute Gasteiger partial charge is 0.496 e. The molecule has 0 unspecified atom stereocenters. The molecule has 2 saturated carbocycles. The summed E-state index contributed by atoms with van der Waals surface area (Å²) >= 11 is 0. The number of methoxy groups -OCH3 is 3. The molecule has 72 heavy (non-hydrogen) atoms. The summed E-state index contributed by atoms with van der Waals surface area (Å²) in [5.74, 6) is -0.613. The molecule has 3 heterocycles. The first kappa shape index (κ1) is 55.8. The Bertz CT molecular complexity index is 2670. The molecule has 0 atom stereocenters. The average Bonchev–Trinajstić information content (AvgIpc) is 3.95. The molecule has 0 bridgehead atoms. The number of aromatic nitrogens is 5. The number of anilines is 2. The van der Waals surface area contributed by atoms with Crippen LogP contribution in [-0.2, 0) is 43.0 Å². The lowest BCUT2D eigenvalue weighted by Crippen LogP contribution is -2.53. The molecule has 0 aliphatic heterocycles. The molecule has 3 aromatic heterocycles. The molecule has 7 rings (SSSR count). The highest BCUT2D eigenvalue weighted by atomic mass is 16.5. The van der Waals surface area contributed by atoms with E-state index in [1.165, 1.54) is 7.11 Å². The second kappa shape index (κ2) is 25.0. The van der Waals surface area contributed by atoms with Gasteiger partial charge in [-0.15, -0.1) is 0 Å². The summed E-state index contributed by atoms with van der Waals surface area (Å²) in [5, 5.41) is 24.0. The molecule has 2 fully saturated rings. The number of likely N-dealkylation sites (N-methyl/N-ethyl adjacent to an activating group) is 2. The number of pyridine rings is 1. The lowest BCUT2D eigenvalue weighted by Gasteiger charge is -2.44. The topological polar surface area (TPSA) is 172 Å². The minimum atomic E-state index is -0.865. The first-order valence-electron chi connectivity index (χ1n) is 26.3. The second-order valence-corrected chi connectivity index (χ2v) is 20.4. The van der Waals surface area contributed by atoms with Crippen molar-refractivity contribution in [2.45, 2.75) is 130 Å². The Morgan fingerprint density at radius 2 is 1.26 bits per heavy atom. The number of nitrogens with one attached hydrogen (secondary N) is 2. The Morgan fingerprint density at radius 3 is 1.75 bits per heavy atom. The number of carbonyl (C=O) groups excluding carboxylic acids is 1. The molecule has 2 aromatic carbocycles. The van der Waals surface area contributed by atoms with Gasteiger partial charge in [-0.1, -0.05) is 13.8 Å². The monoisotopic (exact) mass is 998 g/mol. The quantitative estimate of drug-likeness (QED) is 0.0620. The number of nitrogens with zero attached hydrogens (tertiary/aromatic N) is 8. The molecule has 3 N–H and O–H groups in total. The maximum absolute atomic E-state index is 13.8. The number of fused-ring (bicyclic) bond motifs is 2. The molecule has 396 valence electrons. The van der Waals surface area contributed by atoms with E-state index >= 15 is 0 Å². The summed E-state index contributed by atoms with van der Waals surface area (Å²) in [5.41, 5.74) is 7.77. The lowest BCUT2D eigenvalue weighted by molar-refractivity contribution is -0.916. The van der Waals surface area contributed by atoms with Gasteiger partial charge in [0.1, 0.15) is 12.3 Å². The van der Waals surface area contributed by atoms with Gasteiger partial charge in [0.2, 0.25) is 0 Å². The van der Waals surface area contributed by atoms with Crippen LogP contribution >= 0.6 is 0 Å². The first-order valence-corrected chi connectivity index (χ1v) is 26.3. The van der Waals surface area contributed by atoms with Crippen LogP contribution in [0.15, 0.2) is 35.4 Å². The van der Waals surface area contributed by atoms with Crippen molar-refractivity contribution in [3.8, 4) is 5.75 Å². The van der Waals surface area contributed by atoms with E-state index in [2.05, 4.69) is 77.1 Å². The van der Waals surface area contributed by atoms with Gasteiger partial charge in [0, 0.05) is 101 Å². The van der Waals surface area contributed by atoms with E-state index in [-0.39, 0.29) is 18.0 Å². The Kier molecular flexibility index (Phi) is 19.4. The number of aromatic carboxylic acids is 1. The van der Waals surface area contributed by atoms with Gasteiger partial charge < -0.3 is 48.8 Å². The van der Waals surface area contributed by atoms with Crippen LogP contribution in [-0.4, -0.2) is 157 Å². The summed E-state index contributed by atoms with van der Waals surface area (Å²) in [6.07, 6.45) is 14.2. The number of carboxylic acid groups (broad SMARTS) is 1. The predicted molar refractivity (Wildman–Crippen MR) is 288 cm³/mol. The van der Waals surface area contributed by atoms with Crippen molar-refractivity contribution in [2.75, 3.05) is 91.7 Å². The summed E-state index contributed by atoms with van der Waals surface area (Å²) < 4.78 is 20.6. The van der Waals surface area contributed by atoms with E-state index in [4.69, 9.17) is 14.2 Å². The van der Waals surface area contributed by atoms with Gasteiger partial charge in [-0.05, 0) is 109 Å². The minimum absolute atomic E-state index is 0.0676. The number of ether oxygens (including phenoxy) is 3. The minimum Gasteiger partial charge on any atom is -0.496 e. The summed E-state index contributed by atoms with van der Waals surface area (Å²) in [7, 11) is 15.7. The highest BCUT2D eigenvalue weighted by molar-refractivity contribution is 6.05. The number of benzene rings is 2. The van der Waals surface area contributed by atoms with Gasteiger partial charge >= 0.3 is 5.97 Å². The molecule has 2 aliphatic carbocycles. The van der Waals surface area contributed by atoms with Gasteiger partial charge in [0.15, 0.2) is 0 Å². The van der Waals surface area contributed by atoms with Crippen molar-refractivity contribution in [1.82, 2.24) is 34.8 Å². The molecule has 0 radical (unpaired) electrons. The average molecular weight is 998 g/mol. The zero-order valence-electron chi connectivity index (χ0n) is 45.7. The van der Waals surface area contributed by atoms with Crippen LogP contribution in [0.4, 0.5) is 11.4 Å². The fourth-order valence-electron chi connectivity index (χ4n) is 11.7. The normalized spacial score (nSPS) is 18.3. The molecular formula is C55H85N10O7+. The van der Waals surface area contributed by atoms with Crippen molar-refractivity contribution in [3.63, 3.8) is 0 Å². The van der Waals surface area contributed by atoms with E-state index in [1.54, 1.807) is 38.0 Å². The van der Waals surface area contributed by atoms with Crippen molar-refractivity contribution < 1.29 is 33.4 Å². The van der Waals surface area contributed by atoms with Gasteiger partial charge in [0.05, 0.1) is 92.9 Å². The smallest absolute Gasteiger partial charge is 0.336 e. The number of rotatable bonds is 21. The fraction of sp³-hybridized carbons (Fsp3) is 0.618. The summed E-state index contributed by atoms with van der Waals surface area (Å²) in [6.45, 7) is 15.6. The summed E-state index contributed by atoms with van der Waals surface area (Å²) in [6, 6.07) is 7.49. The number of hydrogen-bond donors (Lipinski definition) is 3. The van der Waals surface area contributed by atoms with Crippen molar-refractivity contribution in [3.05, 3.63) is 74.5 Å². The molecule has 17 nitrogen and oxygen atoms in total. The van der Waals surface area contributed by atoms with Crippen molar-refractivity contribution in [1.29, 1.82) is 0 Å². The summed E-state index contributed by atoms with van der Waals surface area (Å²) in [4.78, 5) is 48.7. The Labute approximate surface area is 427 Å². The van der Waals surface area contributed by atoms with Crippen LogP contribution in [0.1, 0.15) is 122 Å². The van der Waals surface area contributed by atoms with Crippen LogP contribution in [0, 0.1) is 6.92 Å². The maximum Gasteiger partial charge on any atom is 0.336 e. The third-order valence-electron chi connectivity index (χ3n) is 15.9. The standard InChI is InChI=1S/C32H48N6O4.C23H36N4O3/c1-9-24-25(31(39)33-19-27-29(42-8)17-21(3)35-32(27)40)18-28-26(20-34-36(28)4)30(24)37(10-2)22-11-13-23(14-12-22)38(5,6)15-16-41-7;1-6-18-19(23(28)29)14-21-20(15-24-26(21)4)22(18)27(7-2)17-10-8-16(9-11-17)25(3)12-13-30-5/h17-18,20,22-23H,9-16,19H2,1-8H3,(H-,33,35,39,40);14-17H,6-13H2,1-5H3,(H,28,29)/p+1. The molecule has 2 aliphatic rings. The SMILES string of the molecule is CCc1c(C(=O)NCc2c(OC)cc(C)[nH]c2=O)cc2c(cnn2C)c1N(CC)C1CCC([N+](C)(C)CCOC)CC1.CCc1c(C(=O)O)cc2c(cnn2C)c1N(CC)C1CCC(N(C)CCOC)CC1. The van der Waals surface area contributed by atoms with Gasteiger partial charge in [0.25, 0.3) is 11.5 Å². The number of quaternary nitrogens is 1. The highest BCUT2D eigenvalue weighted by Crippen LogP contribution is 2.40. The van der Waals surface area contributed by atoms with Gasteiger partial charge in [-0.2, -0.15) is 10.2 Å². The van der Waals surface area contributed by atoms with Crippen LogP contribution in [0.25, 0.3) is 21.8 Å². The molecule has 5 aromatic rings. The van der Waals surface area contributed by atoms with E-state index in [9.17, 15) is 19.5 Å². The third kappa shape index (κ3) is 12.1. The molecule has 0 spiro atoms. The second-order valence-electron chi connectivity index (χ2n) is 20.4. The highest BCUT2D eigenvalue weighted by Gasteiger charge is 2.36. The van der Waals surface area contributed by atoms with Crippen molar-refractivity contribution in [2.24, 2.45) is 14.1 Å². The van der Waals surface area contributed by atoms with Crippen LogP contribution in [0.5, 0.6) is 5.75 Å². The zero-order valence-corrected chi connectivity index (χ0v) is 45.7. The Morgan fingerprint density at radius 1 is 0.764 bits per heavy atom. The number of carbonyl (C=O) groups is 2. The number of carboxylic acids is 1. The number of aryl methyl sites for hydroxylation is 3. The number of hydrogen-bond acceptors (Lipinski definition) is 11. The van der Waals surface area contributed by atoms with E-state index in [0.29, 0.717) is 65.1 Å². The van der Waals surface area contributed by atoms with Crippen molar-refractivity contribution >= 4 is 45.1 Å².